The van der Waals surface area contributed by atoms with Crippen molar-refractivity contribution >= 4 is 5.57 Å². The van der Waals surface area contributed by atoms with Gasteiger partial charge < -0.3 is 9.84 Å². The number of rotatable bonds is 1. The Labute approximate surface area is 88.0 Å². The molecule has 0 spiro atoms. The Morgan fingerprint density at radius 3 is 2.73 bits per heavy atom. The Bertz CT molecular complexity index is 356. The highest BCUT2D eigenvalue weighted by molar-refractivity contribution is 5.64. The molecule has 0 amide bonds. The molecule has 1 unspecified atom stereocenters. The molecule has 0 saturated carbocycles. The van der Waals surface area contributed by atoms with Crippen LogP contribution in [0.3, 0.4) is 0 Å². The van der Waals surface area contributed by atoms with Crippen LogP contribution in [0.15, 0.2) is 30.5 Å². The molecule has 0 saturated heterocycles. The highest BCUT2D eigenvalue weighted by Gasteiger charge is 2.12. The zero-order valence-electron chi connectivity index (χ0n) is 8.32. The summed E-state index contributed by atoms with van der Waals surface area (Å²) in [5, 5.41) is 9.38. The largest absolute Gasteiger partial charge is 0.498 e. The van der Waals surface area contributed by atoms with E-state index in [2.05, 4.69) is 0 Å². The van der Waals surface area contributed by atoms with Gasteiger partial charge in [-0.05, 0) is 36.1 Å². The summed E-state index contributed by atoms with van der Waals surface area (Å²) in [6.07, 6.45) is 2.69. The van der Waals surface area contributed by atoms with Gasteiger partial charge in [0, 0.05) is 0 Å². The van der Waals surface area contributed by atoms with Crippen molar-refractivity contribution < 1.29 is 14.2 Å². The maximum Gasteiger partial charge on any atom is 0.123 e. The molecular formula is C12H13FO2. The molecule has 0 bridgehead atoms. The van der Waals surface area contributed by atoms with E-state index >= 15 is 0 Å². The maximum absolute atomic E-state index is 12.7. The number of aliphatic hydroxyl groups excluding tert-OH is 1. The second kappa shape index (κ2) is 4.45. The van der Waals surface area contributed by atoms with Crippen molar-refractivity contribution in [1.29, 1.82) is 0 Å². The zero-order valence-corrected chi connectivity index (χ0v) is 8.32. The highest BCUT2D eigenvalue weighted by Crippen LogP contribution is 2.23. The number of ether oxygens (including phenoxy) is 1. The van der Waals surface area contributed by atoms with Gasteiger partial charge in [-0.25, -0.2) is 4.39 Å². The lowest BCUT2D eigenvalue weighted by Gasteiger charge is -2.05. The van der Waals surface area contributed by atoms with Crippen LogP contribution in [0.4, 0.5) is 4.39 Å². The molecule has 3 heteroatoms. The third-order valence-corrected chi connectivity index (χ3v) is 2.48. The van der Waals surface area contributed by atoms with Gasteiger partial charge >= 0.3 is 0 Å². The summed E-state index contributed by atoms with van der Waals surface area (Å²) in [6.45, 7) is 0.338. The Hall–Kier alpha value is -1.35. The number of aliphatic hydroxyl groups is 1. The highest BCUT2D eigenvalue weighted by atomic mass is 19.1. The Morgan fingerprint density at radius 1 is 1.27 bits per heavy atom. The molecule has 0 radical (unpaired) electrons. The molecule has 0 fully saturated rings. The maximum atomic E-state index is 12.7. The predicted molar refractivity (Wildman–Crippen MR) is 55.6 cm³/mol. The molecule has 2 nitrogen and oxygen atoms in total. The number of allylic oxidation sites excluding steroid dienone is 1. The molecule has 0 aromatic heterocycles. The summed E-state index contributed by atoms with van der Waals surface area (Å²) >= 11 is 0. The van der Waals surface area contributed by atoms with Crippen molar-refractivity contribution in [3.63, 3.8) is 0 Å². The van der Waals surface area contributed by atoms with Gasteiger partial charge in [-0.1, -0.05) is 12.1 Å². The SMILES string of the molecule is OC1CCC(c2ccc(F)cc2)=COC1. The normalized spacial score (nSPS) is 21.5. The summed E-state index contributed by atoms with van der Waals surface area (Å²) in [6, 6.07) is 6.31. The minimum Gasteiger partial charge on any atom is -0.498 e. The lowest BCUT2D eigenvalue weighted by atomic mass is 10.0. The van der Waals surface area contributed by atoms with Gasteiger partial charge in [-0.15, -0.1) is 0 Å². The lowest BCUT2D eigenvalue weighted by molar-refractivity contribution is 0.0851. The van der Waals surface area contributed by atoms with Gasteiger partial charge in [0.25, 0.3) is 0 Å². The summed E-state index contributed by atoms with van der Waals surface area (Å²) in [7, 11) is 0. The monoisotopic (exact) mass is 208 g/mol. The van der Waals surface area contributed by atoms with Crippen LogP contribution < -0.4 is 0 Å². The van der Waals surface area contributed by atoms with Gasteiger partial charge in [0.1, 0.15) is 12.4 Å². The molecule has 1 heterocycles. The van der Waals surface area contributed by atoms with E-state index in [1.165, 1.54) is 12.1 Å². The second-order valence-electron chi connectivity index (χ2n) is 3.68. The second-order valence-corrected chi connectivity index (χ2v) is 3.68. The molecule has 1 aromatic rings. The van der Waals surface area contributed by atoms with Gasteiger partial charge in [-0.3, -0.25) is 0 Å². The van der Waals surface area contributed by atoms with Crippen LogP contribution in [0.1, 0.15) is 18.4 Å². The minimum absolute atomic E-state index is 0.242. The first kappa shape index (κ1) is 10.2. The molecule has 0 aliphatic carbocycles. The number of benzene rings is 1. The molecular weight excluding hydrogens is 195 g/mol. The topological polar surface area (TPSA) is 29.5 Å². The van der Waals surface area contributed by atoms with Crippen molar-refractivity contribution in [1.82, 2.24) is 0 Å². The molecule has 1 atom stereocenters. The van der Waals surface area contributed by atoms with E-state index < -0.39 is 6.10 Å². The summed E-state index contributed by atoms with van der Waals surface area (Å²) in [4.78, 5) is 0. The summed E-state index contributed by atoms with van der Waals surface area (Å²) < 4.78 is 17.9. The Kier molecular flexibility index (Phi) is 3.02. The number of hydrogen-bond donors (Lipinski definition) is 1. The van der Waals surface area contributed by atoms with Gasteiger partial charge in [0.05, 0.1) is 12.4 Å². The molecule has 2 rings (SSSR count). The van der Waals surface area contributed by atoms with Crippen molar-refractivity contribution in [2.75, 3.05) is 6.61 Å². The molecule has 80 valence electrons. The van der Waals surface area contributed by atoms with E-state index in [4.69, 9.17) is 4.74 Å². The smallest absolute Gasteiger partial charge is 0.123 e. The van der Waals surface area contributed by atoms with E-state index in [-0.39, 0.29) is 5.82 Å². The van der Waals surface area contributed by atoms with Crippen LogP contribution in [0.25, 0.3) is 5.57 Å². The Balaban J connectivity index is 2.16. The quantitative estimate of drug-likeness (QED) is 0.767. The number of halogens is 1. The first-order chi connectivity index (χ1) is 7.25. The minimum atomic E-state index is -0.404. The third-order valence-electron chi connectivity index (χ3n) is 2.48. The van der Waals surface area contributed by atoms with Crippen LogP contribution >= 0.6 is 0 Å². The average Bonchev–Trinajstić information content (AvgIpc) is 2.44. The fraction of sp³-hybridized carbons (Fsp3) is 0.333. The molecule has 1 aromatic carbocycles. The van der Waals surface area contributed by atoms with E-state index in [1.807, 2.05) is 0 Å². The van der Waals surface area contributed by atoms with Crippen LogP contribution in [0, 0.1) is 5.82 Å². The van der Waals surface area contributed by atoms with E-state index in [1.54, 1.807) is 18.4 Å². The first-order valence-electron chi connectivity index (χ1n) is 5.00. The Morgan fingerprint density at radius 2 is 2.00 bits per heavy atom. The van der Waals surface area contributed by atoms with Gasteiger partial charge in [-0.2, -0.15) is 0 Å². The predicted octanol–water partition coefficient (Wildman–Crippen LogP) is 2.34. The fourth-order valence-electron chi connectivity index (χ4n) is 1.60. The third kappa shape index (κ3) is 2.57. The van der Waals surface area contributed by atoms with E-state index in [0.29, 0.717) is 13.0 Å². The molecule has 1 N–H and O–H groups in total. The van der Waals surface area contributed by atoms with E-state index in [0.717, 1.165) is 17.6 Å². The molecule has 1 aliphatic heterocycles. The zero-order chi connectivity index (χ0) is 10.7. The fourth-order valence-corrected chi connectivity index (χ4v) is 1.60. The van der Waals surface area contributed by atoms with Gasteiger partial charge in [0.2, 0.25) is 0 Å². The van der Waals surface area contributed by atoms with Crippen molar-refractivity contribution in [3.8, 4) is 0 Å². The van der Waals surface area contributed by atoms with Crippen LogP contribution in [0.2, 0.25) is 0 Å². The summed E-state index contributed by atoms with van der Waals surface area (Å²) in [5.41, 5.74) is 1.96. The van der Waals surface area contributed by atoms with Crippen molar-refractivity contribution in [2.24, 2.45) is 0 Å². The number of hydrogen-bond acceptors (Lipinski definition) is 2. The van der Waals surface area contributed by atoms with Crippen LogP contribution in [0.5, 0.6) is 0 Å². The van der Waals surface area contributed by atoms with Gasteiger partial charge in [0.15, 0.2) is 0 Å². The molecule has 15 heavy (non-hydrogen) atoms. The average molecular weight is 208 g/mol. The van der Waals surface area contributed by atoms with Crippen LogP contribution in [-0.4, -0.2) is 17.8 Å². The first-order valence-corrected chi connectivity index (χ1v) is 5.00. The van der Waals surface area contributed by atoms with E-state index in [9.17, 15) is 9.50 Å². The lowest BCUT2D eigenvalue weighted by Crippen LogP contribution is -2.10. The molecule has 1 aliphatic rings. The van der Waals surface area contributed by atoms with Crippen molar-refractivity contribution in [3.05, 3.63) is 41.9 Å². The summed E-state index contributed by atoms with van der Waals surface area (Å²) in [5.74, 6) is -0.242. The van der Waals surface area contributed by atoms with Crippen LogP contribution in [-0.2, 0) is 4.74 Å². The van der Waals surface area contributed by atoms with Crippen molar-refractivity contribution in [2.45, 2.75) is 18.9 Å². The standard InChI is InChI=1S/C12H13FO2/c13-11-4-1-9(2-5-11)10-3-6-12(14)8-15-7-10/h1-2,4-5,7,12,14H,3,6,8H2.